The van der Waals surface area contributed by atoms with Gasteiger partial charge in [-0.15, -0.1) is 0 Å². The van der Waals surface area contributed by atoms with Crippen molar-refractivity contribution < 1.29 is 19.8 Å². The number of nitrogens with zero attached hydrogens (tertiary/aromatic N) is 1. The van der Waals surface area contributed by atoms with Crippen molar-refractivity contribution in [3.63, 3.8) is 0 Å². The van der Waals surface area contributed by atoms with Gasteiger partial charge in [-0.2, -0.15) is 0 Å². The molecule has 19 heavy (non-hydrogen) atoms. The molecule has 102 valence electrons. The number of aliphatic carboxylic acids is 1. The molecular weight excluding hydrogens is 270 g/mol. The lowest BCUT2D eigenvalue weighted by Crippen LogP contribution is -2.48. The summed E-state index contributed by atoms with van der Waals surface area (Å²) in [6.45, 7) is 0.377. The van der Waals surface area contributed by atoms with Crippen molar-refractivity contribution in [1.82, 2.24) is 4.90 Å². The Labute approximate surface area is 115 Å². The first-order valence-electron chi connectivity index (χ1n) is 6.03. The molecule has 1 amide bonds. The smallest absolute Gasteiger partial charge is 0.326 e. The Kier molecular flexibility index (Phi) is 3.95. The number of amides is 1. The molecule has 1 aromatic carbocycles. The van der Waals surface area contributed by atoms with E-state index in [4.69, 9.17) is 16.7 Å². The molecule has 0 aromatic heterocycles. The largest absolute Gasteiger partial charge is 0.507 e. The van der Waals surface area contributed by atoms with E-state index in [-0.39, 0.29) is 11.3 Å². The van der Waals surface area contributed by atoms with Gasteiger partial charge < -0.3 is 15.1 Å². The lowest BCUT2D eigenvalue weighted by molar-refractivity contribution is -0.143. The number of rotatable bonds is 2. The first-order chi connectivity index (χ1) is 9.00. The number of phenols is 1. The zero-order valence-electron chi connectivity index (χ0n) is 10.2. The summed E-state index contributed by atoms with van der Waals surface area (Å²) in [5.41, 5.74) is 0.0423. The van der Waals surface area contributed by atoms with E-state index >= 15 is 0 Å². The zero-order chi connectivity index (χ0) is 14.0. The molecule has 0 saturated carbocycles. The number of carbonyl (C=O) groups is 2. The number of benzene rings is 1. The van der Waals surface area contributed by atoms with E-state index in [1.165, 1.54) is 23.1 Å². The van der Waals surface area contributed by atoms with E-state index in [0.717, 1.165) is 12.8 Å². The molecule has 0 bridgehead atoms. The van der Waals surface area contributed by atoms with E-state index in [1.54, 1.807) is 0 Å². The summed E-state index contributed by atoms with van der Waals surface area (Å²) in [6.07, 6.45) is 1.97. The highest BCUT2D eigenvalue weighted by atomic mass is 35.5. The van der Waals surface area contributed by atoms with Crippen LogP contribution in [0.3, 0.4) is 0 Å². The summed E-state index contributed by atoms with van der Waals surface area (Å²) in [4.78, 5) is 24.8. The number of carboxylic acids is 1. The van der Waals surface area contributed by atoms with E-state index in [9.17, 15) is 14.7 Å². The van der Waals surface area contributed by atoms with Crippen molar-refractivity contribution in [2.45, 2.75) is 25.3 Å². The molecule has 2 N–H and O–H groups in total. The monoisotopic (exact) mass is 283 g/mol. The second kappa shape index (κ2) is 5.48. The maximum Gasteiger partial charge on any atom is 0.326 e. The van der Waals surface area contributed by atoms with Crippen molar-refractivity contribution in [1.29, 1.82) is 0 Å². The third kappa shape index (κ3) is 2.81. The van der Waals surface area contributed by atoms with E-state index < -0.39 is 17.9 Å². The van der Waals surface area contributed by atoms with Crippen LogP contribution in [-0.2, 0) is 4.79 Å². The highest BCUT2D eigenvalue weighted by molar-refractivity contribution is 6.31. The van der Waals surface area contributed by atoms with E-state index in [2.05, 4.69) is 0 Å². The number of aromatic hydroxyl groups is 1. The minimum absolute atomic E-state index is 0.0423. The Morgan fingerprint density at radius 2 is 2.05 bits per heavy atom. The van der Waals surface area contributed by atoms with Crippen LogP contribution in [0.15, 0.2) is 18.2 Å². The molecule has 5 nitrogen and oxygen atoms in total. The molecule has 0 unspecified atom stereocenters. The minimum Gasteiger partial charge on any atom is -0.507 e. The number of hydrogen-bond acceptors (Lipinski definition) is 3. The van der Waals surface area contributed by atoms with Gasteiger partial charge in [0.1, 0.15) is 11.8 Å². The van der Waals surface area contributed by atoms with Crippen molar-refractivity contribution in [2.24, 2.45) is 0 Å². The Bertz CT molecular complexity index is 517. The number of carboxylic acid groups (broad SMARTS) is 1. The quantitative estimate of drug-likeness (QED) is 0.871. The lowest BCUT2D eigenvalue weighted by atomic mass is 10.0. The van der Waals surface area contributed by atoms with Gasteiger partial charge in [-0.05, 0) is 37.5 Å². The minimum atomic E-state index is -1.02. The van der Waals surface area contributed by atoms with E-state index in [0.29, 0.717) is 18.0 Å². The highest BCUT2D eigenvalue weighted by Crippen LogP contribution is 2.26. The molecule has 1 fully saturated rings. The van der Waals surface area contributed by atoms with Crippen LogP contribution in [0.1, 0.15) is 29.6 Å². The van der Waals surface area contributed by atoms with Crippen LogP contribution < -0.4 is 0 Å². The van der Waals surface area contributed by atoms with Crippen LogP contribution in [0.2, 0.25) is 5.02 Å². The van der Waals surface area contributed by atoms with Gasteiger partial charge in [0.25, 0.3) is 5.91 Å². The topological polar surface area (TPSA) is 77.8 Å². The van der Waals surface area contributed by atoms with Gasteiger partial charge in [0.2, 0.25) is 0 Å². The fourth-order valence-electron chi connectivity index (χ4n) is 2.27. The SMILES string of the molecule is O=C(O)[C@@H]1CCCCN1C(=O)c1cc(Cl)ccc1O. The first kappa shape index (κ1) is 13.7. The number of phenolic OH excluding ortho intramolecular Hbond substituents is 1. The second-order valence-electron chi connectivity index (χ2n) is 4.51. The van der Waals surface area contributed by atoms with Gasteiger partial charge in [-0.1, -0.05) is 11.6 Å². The van der Waals surface area contributed by atoms with Crippen molar-refractivity contribution >= 4 is 23.5 Å². The summed E-state index contributed by atoms with van der Waals surface area (Å²) >= 11 is 5.80. The summed E-state index contributed by atoms with van der Waals surface area (Å²) in [5.74, 6) is -1.70. The summed E-state index contributed by atoms with van der Waals surface area (Å²) < 4.78 is 0. The van der Waals surface area contributed by atoms with Gasteiger partial charge in [-0.25, -0.2) is 4.79 Å². The van der Waals surface area contributed by atoms with Crippen LogP contribution in [0, 0.1) is 0 Å². The predicted octanol–water partition coefficient (Wildman–Crippen LogP) is 2.12. The van der Waals surface area contributed by atoms with Gasteiger partial charge in [0, 0.05) is 11.6 Å². The van der Waals surface area contributed by atoms with Gasteiger partial charge >= 0.3 is 5.97 Å². The third-order valence-corrected chi connectivity index (χ3v) is 3.47. The Morgan fingerprint density at radius 3 is 2.74 bits per heavy atom. The molecule has 1 saturated heterocycles. The molecule has 1 atom stereocenters. The molecule has 1 heterocycles. The molecule has 1 aliphatic heterocycles. The maximum absolute atomic E-state index is 12.3. The van der Waals surface area contributed by atoms with Crippen molar-refractivity contribution in [3.8, 4) is 5.75 Å². The molecule has 6 heteroatoms. The van der Waals surface area contributed by atoms with Gasteiger partial charge in [0.15, 0.2) is 0 Å². The predicted molar refractivity (Wildman–Crippen MR) is 69.4 cm³/mol. The average Bonchev–Trinajstić information content (AvgIpc) is 2.40. The summed E-state index contributed by atoms with van der Waals surface area (Å²) in [6, 6.07) is 3.32. The molecule has 1 aliphatic rings. The van der Waals surface area contributed by atoms with Crippen molar-refractivity contribution in [2.75, 3.05) is 6.54 Å². The van der Waals surface area contributed by atoms with Crippen LogP contribution in [0.4, 0.5) is 0 Å². The summed E-state index contributed by atoms with van der Waals surface area (Å²) in [7, 11) is 0. The van der Waals surface area contributed by atoms with Gasteiger partial charge in [-0.3, -0.25) is 4.79 Å². The summed E-state index contributed by atoms with van der Waals surface area (Å²) in [5, 5.41) is 19.2. The average molecular weight is 284 g/mol. The lowest BCUT2D eigenvalue weighted by Gasteiger charge is -2.33. The maximum atomic E-state index is 12.3. The number of likely N-dealkylation sites (tertiary alicyclic amines) is 1. The first-order valence-corrected chi connectivity index (χ1v) is 6.41. The molecule has 0 aliphatic carbocycles. The zero-order valence-corrected chi connectivity index (χ0v) is 10.9. The molecular formula is C13H14ClNO4. The van der Waals surface area contributed by atoms with Gasteiger partial charge in [0.05, 0.1) is 5.56 Å². The number of piperidine rings is 1. The third-order valence-electron chi connectivity index (χ3n) is 3.24. The van der Waals surface area contributed by atoms with Crippen LogP contribution in [0.25, 0.3) is 0 Å². The normalized spacial score (nSPS) is 19.2. The van der Waals surface area contributed by atoms with Crippen LogP contribution in [-0.4, -0.2) is 39.6 Å². The molecule has 0 radical (unpaired) electrons. The fraction of sp³-hybridized carbons (Fsp3) is 0.385. The Hall–Kier alpha value is -1.75. The molecule has 1 aromatic rings. The van der Waals surface area contributed by atoms with Crippen LogP contribution in [0.5, 0.6) is 5.75 Å². The number of hydrogen-bond donors (Lipinski definition) is 2. The molecule has 2 rings (SSSR count). The van der Waals surface area contributed by atoms with E-state index in [1.807, 2.05) is 0 Å². The number of halogens is 1. The van der Waals surface area contributed by atoms with Crippen molar-refractivity contribution in [3.05, 3.63) is 28.8 Å². The Morgan fingerprint density at radius 1 is 1.32 bits per heavy atom. The fourth-order valence-corrected chi connectivity index (χ4v) is 2.44. The Balaban J connectivity index is 2.31. The molecule has 0 spiro atoms. The second-order valence-corrected chi connectivity index (χ2v) is 4.95. The highest BCUT2D eigenvalue weighted by Gasteiger charge is 2.33. The number of carbonyl (C=O) groups excluding carboxylic acids is 1. The van der Waals surface area contributed by atoms with Crippen LogP contribution >= 0.6 is 11.6 Å². The standard InChI is InChI=1S/C13H14ClNO4/c14-8-4-5-11(16)9(7-8)12(17)15-6-2-1-3-10(15)13(18)19/h4-5,7,10,16H,1-3,6H2,(H,18,19)/t10-/m0/s1.